The van der Waals surface area contributed by atoms with E-state index in [2.05, 4.69) is 19.2 Å². The molecule has 120 valence electrons. The molecule has 3 heteroatoms. The van der Waals surface area contributed by atoms with Crippen LogP contribution >= 0.6 is 0 Å². The number of benzene rings is 1. The van der Waals surface area contributed by atoms with Crippen LogP contribution in [0.2, 0.25) is 0 Å². The zero-order valence-electron chi connectivity index (χ0n) is 14.1. The Labute approximate surface area is 130 Å². The van der Waals surface area contributed by atoms with E-state index in [0.29, 0.717) is 6.04 Å². The quantitative estimate of drug-likeness (QED) is 0.599. The lowest BCUT2D eigenvalue weighted by atomic mass is 9.97. The Kier molecular flexibility index (Phi) is 8.91. The third kappa shape index (κ3) is 5.58. The normalized spacial score (nSPS) is 12.2. The average molecular weight is 293 g/mol. The largest absolute Gasteiger partial charge is 0.496 e. The van der Waals surface area contributed by atoms with Gasteiger partial charge in [0.25, 0.3) is 0 Å². The first-order chi connectivity index (χ1) is 10.3. The van der Waals surface area contributed by atoms with Gasteiger partial charge in [-0.1, -0.05) is 52.0 Å². The van der Waals surface area contributed by atoms with Crippen molar-refractivity contribution < 1.29 is 9.47 Å². The second-order valence-electron chi connectivity index (χ2n) is 5.39. The standard InChI is InChI=1S/C18H31NO2/c1-5-7-8-9-10-12-15(19-6-2)18-16(20-3)13-11-14-17(18)21-4/h11,13-15,19H,5-10,12H2,1-4H3. The molecule has 0 aromatic heterocycles. The zero-order chi connectivity index (χ0) is 15.5. The van der Waals surface area contributed by atoms with Crippen molar-refractivity contribution in [3.63, 3.8) is 0 Å². The van der Waals surface area contributed by atoms with Gasteiger partial charge in [0.05, 0.1) is 19.8 Å². The van der Waals surface area contributed by atoms with Crippen LogP contribution in [-0.4, -0.2) is 20.8 Å². The first-order valence-corrected chi connectivity index (χ1v) is 8.22. The van der Waals surface area contributed by atoms with Gasteiger partial charge in [0.1, 0.15) is 11.5 Å². The van der Waals surface area contributed by atoms with E-state index in [1.54, 1.807) is 14.2 Å². The third-order valence-electron chi connectivity index (χ3n) is 3.86. The monoisotopic (exact) mass is 293 g/mol. The molecule has 1 unspecified atom stereocenters. The number of ether oxygens (including phenoxy) is 2. The molecule has 1 rings (SSSR count). The molecular formula is C18H31NO2. The van der Waals surface area contributed by atoms with E-state index in [9.17, 15) is 0 Å². The first kappa shape index (κ1) is 17.8. The minimum atomic E-state index is 0.294. The smallest absolute Gasteiger partial charge is 0.127 e. The highest BCUT2D eigenvalue weighted by Gasteiger charge is 2.19. The fraction of sp³-hybridized carbons (Fsp3) is 0.667. The van der Waals surface area contributed by atoms with Crippen LogP contribution in [0.1, 0.15) is 64.0 Å². The predicted molar refractivity (Wildman–Crippen MR) is 89.3 cm³/mol. The SMILES string of the molecule is CCCCCCCC(NCC)c1c(OC)cccc1OC. The van der Waals surface area contributed by atoms with E-state index >= 15 is 0 Å². The summed E-state index contributed by atoms with van der Waals surface area (Å²) in [4.78, 5) is 0. The van der Waals surface area contributed by atoms with E-state index in [-0.39, 0.29) is 0 Å². The van der Waals surface area contributed by atoms with Gasteiger partial charge in [-0.2, -0.15) is 0 Å². The number of hydrogen-bond donors (Lipinski definition) is 1. The van der Waals surface area contributed by atoms with Gasteiger partial charge in [0, 0.05) is 6.04 Å². The fourth-order valence-corrected chi connectivity index (χ4v) is 2.77. The first-order valence-electron chi connectivity index (χ1n) is 8.22. The Morgan fingerprint density at radius 1 is 0.952 bits per heavy atom. The van der Waals surface area contributed by atoms with Crippen molar-refractivity contribution >= 4 is 0 Å². The molecule has 0 spiro atoms. The molecule has 0 fully saturated rings. The fourth-order valence-electron chi connectivity index (χ4n) is 2.77. The van der Waals surface area contributed by atoms with Gasteiger partial charge in [0.2, 0.25) is 0 Å². The Balaban J connectivity index is 2.79. The summed E-state index contributed by atoms with van der Waals surface area (Å²) < 4.78 is 11.1. The summed E-state index contributed by atoms with van der Waals surface area (Å²) in [6.45, 7) is 5.34. The van der Waals surface area contributed by atoms with Crippen molar-refractivity contribution in [1.29, 1.82) is 0 Å². The van der Waals surface area contributed by atoms with Crippen LogP contribution in [0.25, 0.3) is 0 Å². The minimum Gasteiger partial charge on any atom is -0.496 e. The number of rotatable bonds is 11. The van der Waals surface area contributed by atoms with Gasteiger partial charge in [-0.05, 0) is 25.1 Å². The van der Waals surface area contributed by atoms with E-state index in [1.807, 2.05) is 18.2 Å². The minimum absolute atomic E-state index is 0.294. The maximum Gasteiger partial charge on any atom is 0.127 e. The molecule has 0 heterocycles. The Morgan fingerprint density at radius 2 is 1.57 bits per heavy atom. The van der Waals surface area contributed by atoms with Crippen LogP contribution in [0.4, 0.5) is 0 Å². The highest BCUT2D eigenvalue weighted by molar-refractivity contribution is 5.47. The third-order valence-corrected chi connectivity index (χ3v) is 3.86. The van der Waals surface area contributed by atoms with Crippen LogP contribution in [0.15, 0.2) is 18.2 Å². The summed E-state index contributed by atoms with van der Waals surface area (Å²) in [5, 5.41) is 3.58. The molecule has 0 saturated heterocycles. The Bertz CT molecular complexity index is 371. The molecule has 0 radical (unpaired) electrons. The van der Waals surface area contributed by atoms with Crippen molar-refractivity contribution in [2.45, 2.75) is 58.4 Å². The summed E-state index contributed by atoms with van der Waals surface area (Å²) in [5.74, 6) is 1.82. The molecule has 0 aliphatic rings. The van der Waals surface area contributed by atoms with Crippen LogP contribution in [0.5, 0.6) is 11.5 Å². The van der Waals surface area contributed by atoms with Crippen LogP contribution in [0.3, 0.4) is 0 Å². The highest BCUT2D eigenvalue weighted by atomic mass is 16.5. The molecule has 0 saturated carbocycles. The average Bonchev–Trinajstić information content (AvgIpc) is 2.52. The molecule has 0 amide bonds. The van der Waals surface area contributed by atoms with E-state index in [4.69, 9.17) is 9.47 Å². The molecule has 0 aliphatic carbocycles. The lowest BCUT2D eigenvalue weighted by Crippen LogP contribution is -2.22. The molecule has 1 N–H and O–H groups in total. The van der Waals surface area contributed by atoms with Crippen molar-refractivity contribution in [2.24, 2.45) is 0 Å². The van der Waals surface area contributed by atoms with Crippen molar-refractivity contribution in [1.82, 2.24) is 5.32 Å². The number of nitrogens with one attached hydrogen (secondary N) is 1. The van der Waals surface area contributed by atoms with Gasteiger partial charge in [-0.25, -0.2) is 0 Å². The second kappa shape index (κ2) is 10.5. The summed E-state index contributed by atoms with van der Waals surface area (Å²) in [5.41, 5.74) is 1.15. The molecule has 3 nitrogen and oxygen atoms in total. The number of hydrogen-bond acceptors (Lipinski definition) is 3. The van der Waals surface area contributed by atoms with Gasteiger partial charge in [0.15, 0.2) is 0 Å². The molecular weight excluding hydrogens is 262 g/mol. The van der Waals surface area contributed by atoms with Crippen molar-refractivity contribution in [3.8, 4) is 11.5 Å². The molecule has 0 aliphatic heterocycles. The van der Waals surface area contributed by atoms with E-state index < -0.39 is 0 Å². The predicted octanol–water partition coefficient (Wildman–Crippen LogP) is 4.71. The summed E-state index contributed by atoms with van der Waals surface area (Å²) in [6.07, 6.45) is 7.61. The summed E-state index contributed by atoms with van der Waals surface area (Å²) in [7, 11) is 3.45. The van der Waals surface area contributed by atoms with Crippen molar-refractivity contribution in [3.05, 3.63) is 23.8 Å². The maximum atomic E-state index is 5.54. The van der Waals surface area contributed by atoms with Crippen LogP contribution in [0, 0.1) is 0 Å². The van der Waals surface area contributed by atoms with Gasteiger partial charge >= 0.3 is 0 Å². The highest BCUT2D eigenvalue weighted by Crippen LogP contribution is 2.36. The Hall–Kier alpha value is -1.22. The molecule has 1 atom stereocenters. The molecule has 21 heavy (non-hydrogen) atoms. The van der Waals surface area contributed by atoms with E-state index in [1.165, 1.54) is 32.1 Å². The topological polar surface area (TPSA) is 30.5 Å². The summed E-state index contributed by atoms with van der Waals surface area (Å²) >= 11 is 0. The lowest BCUT2D eigenvalue weighted by molar-refractivity contribution is 0.364. The number of unbranched alkanes of at least 4 members (excludes halogenated alkanes) is 4. The van der Waals surface area contributed by atoms with Crippen LogP contribution < -0.4 is 14.8 Å². The lowest BCUT2D eigenvalue weighted by Gasteiger charge is -2.23. The molecule has 0 bridgehead atoms. The van der Waals surface area contributed by atoms with Crippen molar-refractivity contribution in [2.75, 3.05) is 20.8 Å². The summed E-state index contributed by atoms with van der Waals surface area (Å²) in [6, 6.07) is 6.30. The maximum absolute atomic E-state index is 5.54. The van der Waals surface area contributed by atoms with Gasteiger partial charge in [-0.15, -0.1) is 0 Å². The van der Waals surface area contributed by atoms with Gasteiger partial charge < -0.3 is 14.8 Å². The van der Waals surface area contributed by atoms with Crippen LogP contribution in [-0.2, 0) is 0 Å². The van der Waals surface area contributed by atoms with E-state index in [0.717, 1.165) is 30.0 Å². The number of methoxy groups -OCH3 is 2. The second-order valence-corrected chi connectivity index (χ2v) is 5.39. The molecule has 1 aromatic carbocycles. The Morgan fingerprint density at radius 3 is 2.10 bits per heavy atom. The van der Waals surface area contributed by atoms with Gasteiger partial charge in [-0.3, -0.25) is 0 Å². The zero-order valence-corrected chi connectivity index (χ0v) is 14.1. The molecule has 1 aromatic rings.